The summed E-state index contributed by atoms with van der Waals surface area (Å²) in [6, 6.07) is 8.07. The van der Waals surface area contributed by atoms with Gasteiger partial charge in [0.25, 0.3) is 0 Å². The van der Waals surface area contributed by atoms with Gasteiger partial charge in [-0.1, -0.05) is 25.0 Å². The van der Waals surface area contributed by atoms with Crippen LogP contribution < -0.4 is 4.90 Å². The number of aliphatic hydroxyl groups is 1. The number of likely N-dealkylation sites (N-methyl/N-ethyl adjacent to an activating group) is 1. The molecular weight excluding hydrogens is 250 g/mol. The van der Waals surface area contributed by atoms with Gasteiger partial charge in [-0.3, -0.25) is 0 Å². The summed E-state index contributed by atoms with van der Waals surface area (Å²) in [6.45, 7) is 1.99. The van der Waals surface area contributed by atoms with Crippen molar-refractivity contribution in [1.29, 1.82) is 0 Å². The first-order valence-corrected chi connectivity index (χ1v) is 7.31. The number of para-hydroxylation sites is 2. The smallest absolute Gasteiger partial charge is 0.150 e. The lowest BCUT2D eigenvalue weighted by molar-refractivity contribution is 0.106. The van der Waals surface area contributed by atoms with E-state index < -0.39 is 0 Å². The third-order valence-electron chi connectivity index (χ3n) is 4.25. The standard InChI is InChI=1S/C16H21N3O/c1-11-16(18-13-8-4-3-7-12(13)17-11)19(2)14-9-5-6-10-15(14)20/h3-4,7-8,14-15,20H,5-6,9-10H2,1-2H3. The minimum atomic E-state index is -0.263. The Kier molecular flexibility index (Phi) is 3.57. The molecule has 1 aromatic carbocycles. The predicted molar refractivity (Wildman–Crippen MR) is 80.9 cm³/mol. The van der Waals surface area contributed by atoms with Gasteiger partial charge in [0.05, 0.1) is 28.9 Å². The van der Waals surface area contributed by atoms with Crippen LogP contribution in [0.4, 0.5) is 5.82 Å². The van der Waals surface area contributed by atoms with E-state index in [4.69, 9.17) is 4.98 Å². The number of aryl methyl sites for hydroxylation is 1. The quantitative estimate of drug-likeness (QED) is 0.912. The molecule has 1 N–H and O–H groups in total. The summed E-state index contributed by atoms with van der Waals surface area (Å²) < 4.78 is 0. The molecule has 2 aromatic rings. The predicted octanol–water partition coefficient (Wildman–Crippen LogP) is 2.68. The molecule has 3 rings (SSSR count). The highest BCUT2D eigenvalue weighted by Crippen LogP contribution is 2.27. The molecule has 2 unspecified atom stereocenters. The summed E-state index contributed by atoms with van der Waals surface area (Å²) >= 11 is 0. The van der Waals surface area contributed by atoms with E-state index in [1.54, 1.807) is 0 Å². The molecular formula is C16H21N3O. The molecule has 1 fully saturated rings. The Morgan fingerprint density at radius 3 is 2.45 bits per heavy atom. The number of benzene rings is 1. The van der Waals surface area contributed by atoms with Crippen LogP contribution in [0.5, 0.6) is 0 Å². The Morgan fingerprint density at radius 2 is 1.75 bits per heavy atom. The van der Waals surface area contributed by atoms with Crippen LogP contribution in [-0.2, 0) is 0 Å². The SMILES string of the molecule is Cc1nc2ccccc2nc1N(C)C1CCCCC1O. The lowest BCUT2D eigenvalue weighted by atomic mass is 9.91. The maximum atomic E-state index is 10.2. The highest BCUT2D eigenvalue weighted by atomic mass is 16.3. The summed E-state index contributed by atoms with van der Waals surface area (Å²) in [5, 5.41) is 10.2. The number of aliphatic hydroxyl groups excluding tert-OH is 1. The average Bonchev–Trinajstić information content (AvgIpc) is 2.46. The zero-order valence-electron chi connectivity index (χ0n) is 12.1. The van der Waals surface area contributed by atoms with Crippen LogP contribution >= 0.6 is 0 Å². The summed E-state index contributed by atoms with van der Waals surface area (Å²) in [5.41, 5.74) is 2.75. The molecule has 0 aliphatic heterocycles. The number of aromatic nitrogens is 2. The van der Waals surface area contributed by atoms with Crippen molar-refractivity contribution in [3.8, 4) is 0 Å². The van der Waals surface area contributed by atoms with E-state index in [0.29, 0.717) is 0 Å². The molecule has 1 aliphatic carbocycles. The van der Waals surface area contributed by atoms with Crippen LogP contribution in [0.15, 0.2) is 24.3 Å². The van der Waals surface area contributed by atoms with Crippen LogP contribution in [0.3, 0.4) is 0 Å². The first kappa shape index (κ1) is 13.3. The van der Waals surface area contributed by atoms with Gasteiger partial charge in [0.1, 0.15) is 0 Å². The van der Waals surface area contributed by atoms with Gasteiger partial charge in [0.15, 0.2) is 5.82 Å². The first-order chi connectivity index (χ1) is 9.66. The molecule has 0 amide bonds. The summed E-state index contributed by atoms with van der Waals surface area (Å²) in [4.78, 5) is 11.5. The summed E-state index contributed by atoms with van der Waals surface area (Å²) in [7, 11) is 2.02. The molecule has 1 heterocycles. The first-order valence-electron chi connectivity index (χ1n) is 7.31. The summed E-state index contributed by atoms with van der Waals surface area (Å²) in [6.07, 6.45) is 3.93. The molecule has 0 saturated heterocycles. The molecule has 106 valence electrons. The van der Waals surface area contributed by atoms with Crippen LogP contribution in [0.2, 0.25) is 0 Å². The third-order valence-corrected chi connectivity index (χ3v) is 4.25. The number of nitrogens with zero attached hydrogens (tertiary/aromatic N) is 3. The minimum absolute atomic E-state index is 0.151. The van der Waals surface area contributed by atoms with Gasteiger partial charge in [-0.15, -0.1) is 0 Å². The number of rotatable bonds is 2. The third kappa shape index (κ3) is 2.36. The van der Waals surface area contributed by atoms with Crippen LogP contribution in [-0.4, -0.2) is 34.3 Å². The number of hydrogen-bond donors (Lipinski definition) is 1. The molecule has 1 aromatic heterocycles. The Balaban J connectivity index is 1.98. The lowest BCUT2D eigenvalue weighted by Gasteiger charge is -2.36. The van der Waals surface area contributed by atoms with Crippen molar-refractivity contribution in [2.24, 2.45) is 0 Å². The molecule has 4 nitrogen and oxygen atoms in total. The monoisotopic (exact) mass is 271 g/mol. The number of fused-ring (bicyclic) bond motifs is 1. The molecule has 0 spiro atoms. The van der Waals surface area contributed by atoms with Crippen LogP contribution in [0.25, 0.3) is 11.0 Å². The fraction of sp³-hybridized carbons (Fsp3) is 0.500. The molecule has 2 atom stereocenters. The second-order valence-corrected chi connectivity index (χ2v) is 5.65. The van der Waals surface area contributed by atoms with E-state index in [-0.39, 0.29) is 12.1 Å². The van der Waals surface area contributed by atoms with Gasteiger partial charge in [0.2, 0.25) is 0 Å². The summed E-state index contributed by atoms with van der Waals surface area (Å²) in [5.74, 6) is 0.884. The fourth-order valence-corrected chi connectivity index (χ4v) is 3.11. The number of hydrogen-bond acceptors (Lipinski definition) is 4. The largest absolute Gasteiger partial charge is 0.391 e. The van der Waals surface area contributed by atoms with Crippen LogP contribution in [0, 0.1) is 6.92 Å². The molecule has 1 aliphatic rings. The molecule has 4 heteroatoms. The maximum absolute atomic E-state index is 10.2. The highest BCUT2D eigenvalue weighted by Gasteiger charge is 2.28. The van der Waals surface area contributed by atoms with E-state index in [9.17, 15) is 5.11 Å². The Morgan fingerprint density at radius 1 is 1.10 bits per heavy atom. The Labute approximate surface area is 119 Å². The van der Waals surface area contributed by atoms with Gasteiger partial charge in [-0.25, -0.2) is 9.97 Å². The molecule has 0 radical (unpaired) electrons. The average molecular weight is 271 g/mol. The van der Waals surface area contributed by atoms with E-state index >= 15 is 0 Å². The van der Waals surface area contributed by atoms with E-state index in [1.165, 1.54) is 6.42 Å². The van der Waals surface area contributed by atoms with Crippen molar-refractivity contribution < 1.29 is 5.11 Å². The molecule has 1 saturated carbocycles. The van der Waals surface area contributed by atoms with Crippen molar-refractivity contribution in [2.45, 2.75) is 44.8 Å². The second kappa shape index (κ2) is 5.37. The fourth-order valence-electron chi connectivity index (χ4n) is 3.11. The Bertz CT molecular complexity index is 614. The van der Waals surface area contributed by atoms with Gasteiger partial charge >= 0.3 is 0 Å². The van der Waals surface area contributed by atoms with E-state index in [2.05, 4.69) is 9.88 Å². The minimum Gasteiger partial charge on any atom is -0.391 e. The van der Waals surface area contributed by atoms with Gasteiger partial charge < -0.3 is 10.0 Å². The van der Waals surface area contributed by atoms with Crippen molar-refractivity contribution in [1.82, 2.24) is 9.97 Å². The highest BCUT2D eigenvalue weighted by molar-refractivity contribution is 5.76. The van der Waals surface area contributed by atoms with Gasteiger partial charge in [0, 0.05) is 7.05 Å². The lowest BCUT2D eigenvalue weighted by Crippen LogP contribution is -2.44. The topological polar surface area (TPSA) is 49.2 Å². The molecule has 20 heavy (non-hydrogen) atoms. The van der Waals surface area contributed by atoms with E-state index in [0.717, 1.165) is 41.8 Å². The zero-order valence-corrected chi connectivity index (χ0v) is 12.1. The van der Waals surface area contributed by atoms with Crippen molar-refractivity contribution in [3.05, 3.63) is 30.0 Å². The second-order valence-electron chi connectivity index (χ2n) is 5.65. The van der Waals surface area contributed by atoms with Crippen molar-refractivity contribution >= 4 is 16.9 Å². The van der Waals surface area contributed by atoms with E-state index in [1.807, 2.05) is 38.2 Å². The number of anilines is 1. The van der Waals surface area contributed by atoms with Gasteiger partial charge in [-0.05, 0) is 31.9 Å². The normalized spacial score (nSPS) is 22.9. The Hall–Kier alpha value is -1.68. The van der Waals surface area contributed by atoms with Crippen LogP contribution in [0.1, 0.15) is 31.4 Å². The molecule has 0 bridgehead atoms. The maximum Gasteiger partial charge on any atom is 0.150 e. The zero-order chi connectivity index (χ0) is 14.1. The van der Waals surface area contributed by atoms with Gasteiger partial charge in [-0.2, -0.15) is 0 Å². The van der Waals surface area contributed by atoms with Crippen molar-refractivity contribution in [3.63, 3.8) is 0 Å². The van der Waals surface area contributed by atoms with Crippen molar-refractivity contribution in [2.75, 3.05) is 11.9 Å².